The predicted molar refractivity (Wildman–Crippen MR) is 102 cm³/mol. The van der Waals surface area contributed by atoms with Crippen LogP contribution in [0.15, 0.2) is 59.8 Å². The highest BCUT2D eigenvalue weighted by Crippen LogP contribution is 2.39. The van der Waals surface area contributed by atoms with Crippen LogP contribution < -0.4 is 5.32 Å². The number of hydrogen-bond donors (Lipinski definition) is 1. The molecular formula is C19H13FN6O5. The first kappa shape index (κ1) is 19.8. The fraction of sp³-hybridized carbons (Fsp3) is 0.105. The van der Waals surface area contributed by atoms with Gasteiger partial charge < -0.3 is 10.1 Å². The van der Waals surface area contributed by atoms with E-state index in [1.54, 1.807) is 6.07 Å². The number of ketones is 1. The van der Waals surface area contributed by atoms with Crippen LogP contribution in [0.4, 0.5) is 16.0 Å². The Bertz CT molecular complexity index is 1240. The van der Waals surface area contributed by atoms with E-state index in [1.807, 2.05) is 0 Å². The van der Waals surface area contributed by atoms with E-state index in [1.165, 1.54) is 30.3 Å². The number of benzene rings is 2. The van der Waals surface area contributed by atoms with Gasteiger partial charge in [0.1, 0.15) is 17.6 Å². The van der Waals surface area contributed by atoms with Gasteiger partial charge in [0.25, 0.3) is 5.69 Å². The average molecular weight is 424 g/mol. The zero-order chi connectivity index (χ0) is 22.1. The lowest BCUT2D eigenvalue weighted by atomic mass is 9.88. The van der Waals surface area contributed by atoms with Crippen LogP contribution in [0.25, 0.3) is 0 Å². The largest absolute Gasteiger partial charge is 0.464 e. The van der Waals surface area contributed by atoms with E-state index >= 15 is 0 Å². The predicted octanol–water partition coefficient (Wildman–Crippen LogP) is 2.05. The molecule has 0 radical (unpaired) electrons. The zero-order valence-corrected chi connectivity index (χ0v) is 15.9. The quantitative estimate of drug-likeness (QED) is 0.282. The highest BCUT2D eigenvalue weighted by atomic mass is 19.1. The second-order valence-corrected chi connectivity index (χ2v) is 6.41. The molecule has 2 heterocycles. The van der Waals surface area contributed by atoms with Gasteiger partial charge in [0, 0.05) is 11.6 Å². The number of halogens is 1. The molecular weight excluding hydrogens is 411 g/mol. The number of fused-ring (bicyclic) bond motifs is 1. The smallest absolute Gasteiger partial charge is 0.355 e. The number of allylic oxidation sites excluding steroid dienone is 1. The van der Waals surface area contributed by atoms with Crippen LogP contribution in [-0.2, 0) is 9.53 Å². The van der Waals surface area contributed by atoms with Crippen molar-refractivity contribution in [1.82, 2.24) is 20.2 Å². The average Bonchev–Trinajstić information content (AvgIpc) is 3.25. The van der Waals surface area contributed by atoms with Crippen LogP contribution in [0.1, 0.15) is 22.0 Å². The highest BCUT2D eigenvalue weighted by molar-refractivity contribution is 6.15. The second-order valence-electron chi connectivity index (χ2n) is 6.41. The molecule has 0 fully saturated rings. The van der Waals surface area contributed by atoms with E-state index in [4.69, 9.17) is 4.74 Å². The van der Waals surface area contributed by atoms with Gasteiger partial charge in [0.2, 0.25) is 5.95 Å². The van der Waals surface area contributed by atoms with E-state index in [2.05, 4.69) is 20.8 Å². The Morgan fingerprint density at radius 3 is 2.58 bits per heavy atom. The number of para-hydroxylation sites is 1. The van der Waals surface area contributed by atoms with Gasteiger partial charge in [-0.05, 0) is 40.8 Å². The monoisotopic (exact) mass is 424 g/mol. The Morgan fingerprint density at radius 2 is 1.90 bits per heavy atom. The van der Waals surface area contributed by atoms with Gasteiger partial charge in [-0.15, -0.1) is 0 Å². The van der Waals surface area contributed by atoms with Crippen molar-refractivity contribution in [2.75, 3.05) is 12.4 Å². The van der Waals surface area contributed by atoms with Crippen molar-refractivity contribution in [3.63, 3.8) is 0 Å². The number of rotatable bonds is 5. The molecule has 1 N–H and O–H groups in total. The number of esters is 1. The summed E-state index contributed by atoms with van der Waals surface area (Å²) in [6.45, 7) is 0. The van der Waals surface area contributed by atoms with E-state index in [0.717, 1.165) is 23.9 Å². The number of ether oxygens (including phenoxy) is 1. The van der Waals surface area contributed by atoms with Crippen LogP contribution in [0, 0.1) is 15.9 Å². The van der Waals surface area contributed by atoms with Crippen molar-refractivity contribution in [2.45, 2.75) is 6.04 Å². The molecule has 1 aliphatic rings. The lowest BCUT2D eigenvalue weighted by Crippen LogP contribution is -2.33. The summed E-state index contributed by atoms with van der Waals surface area (Å²) in [5.41, 5.74) is -0.631. The molecule has 0 saturated carbocycles. The SMILES string of the molecule is COC(=O)C1=C(C(=O)c2ccc(F)cc2)[C@@H](c2ccccc2[N+](=O)[O-])n2nnnc2N1. The third kappa shape index (κ3) is 3.39. The van der Waals surface area contributed by atoms with Gasteiger partial charge >= 0.3 is 5.97 Å². The molecule has 156 valence electrons. The summed E-state index contributed by atoms with van der Waals surface area (Å²) in [7, 11) is 1.12. The molecule has 0 aliphatic carbocycles. The molecule has 0 spiro atoms. The summed E-state index contributed by atoms with van der Waals surface area (Å²) in [6.07, 6.45) is 0. The number of hydrogen-bond acceptors (Lipinski definition) is 9. The van der Waals surface area contributed by atoms with Gasteiger partial charge in [0.15, 0.2) is 5.78 Å². The Hall–Kier alpha value is -4.48. The van der Waals surface area contributed by atoms with E-state index in [9.17, 15) is 24.1 Å². The minimum atomic E-state index is -1.22. The lowest BCUT2D eigenvalue weighted by Gasteiger charge is -2.27. The summed E-state index contributed by atoms with van der Waals surface area (Å²) >= 11 is 0. The second kappa shape index (κ2) is 7.74. The number of methoxy groups -OCH3 is 1. The molecule has 12 heteroatoms. The minimum Gasteiger partial charge on any atom is -0.464 e. The molecule has 2 aromatic carbocycles. The topological polar surface area (TPSA) is 142 Å². The molecule has 1 atom stereocenters. The molecule has 0 saturated heterocycles. The fourth-order valence-electron chi connectivity index (χ4n) is 3.32. The highest BCUT2D eigenvalue weighted by Gasteiger charge is 2.41. The van der Waals surface area contributed by atoms with Crippen molar-refractivity contribution in [3.05, 3.63) is 86.9 Å². The van der Waals surface area contributed by atoms with E-state index < -0.39 is 28.5 Å². The Labute approximate surface area is 173 Å². The molecule has 1 aliphatic heterocycles. The molecule has 4 rings (SSSR count). The zero-order valence-electron chi connectivity index (χ0n) is 15.9. The number of Topliss-reactive ketones (excluding diaryl/α,β-unsaturated/α-hetero) is 1. The maximum absolute atomic E-state index is 13.5. The number of nitrogens with one attached hydrogen (secondary N) is 1. The number of carbonyl (C=O) groups is 2. The summed E-state index contributed by atoms with van der Waals surface area (Å²) in [5.74, 6) is -2.15. The van der Waals surface area contributed by atoms with Crippen LogP contribution in [-0.4, -0.2) is 44.0 Å². The summed E-state index contributed by atoms with van der Waals surface area (Å²) in [5, 5.41) is 25.5. The van der Waals surface area contributed by atoms with E-state index in [0.29, 0.717) is 0 Å². The fourth-order valence-corrected chi connectivity index (χ4v) is 3.32. The third-order valence-electron chi connectivity index (χ3n) is 4.69. The van der Waals surface area contributed by atoms with Crippen molar-refractivity contribution < 1.29 is 23.6 Å². The first-order chi connectivity index (χ1) is 14.9. The number of anilines is 1. The molecule has 0 bridgehead atoms. The lowest BCUT2D eigenvalue weighted by molar-refractivity contribution is -0.385. The summed E-state index contributed by atoms with van der Waals surface area (Å²) < 4.78 is 19.3. The number of carbonyl (C=O) groups excluding carboxylic acids is 2. The Kier molecular flexibility index (Phi) is 4.95. The molecule has 0 amide bonds. The summed E-state index contributed by atoms with van der Waals surface area (Å²) in [4.78, 5) is 37.0. The number of aromatic nitrogens is 4. The van der Waals surface area contributed by atoms with Crippen molar-refractivity contribution in [2.24, 2.45) is 0 Å². The molecule has 0 unspecified atom stereocenters. The van der Waals surface area contributed by atoms with Crippen LogP contribution in [0.3, 0.4) is 0 Å². The summed E-state index contributed by atoms with van der Waals surface area (Å²) in [6, 6.07) is 9.15. The minimum absolute atomic E-state index is 0.0146. The molecule has 11 nitrogen and oxygen atoms in total. The third-order valence-corrected chi connectivity index (χ3v) is 4.69. The van der Waals surface area contributed by atoms with Gasteiger partial charge in [0.05, 0.1) is 23.2 Å². The number of tetrazole rings is 1. The Balaban J connectivity index is 2.00. The van der Waals surface area contributed by atoms with Gasteiger partial charge in [-0.25, -0.2) is 9.18 Å². The van der Waals surface area contributed by atoms with Crippen LogP contribution >= 0.6 is 0 Å². The first-order valence-electron chi connectivity index (χ1n) is 8.83. The maximum atomic E-state index is 13.5. The van der Waals surface area contributed by atoms with Crippen molar-refractivity contribution in [1.29, 1.82) is 0 Å². The molecule has 3 aromatic rings. The van der Waals surface area contributed by atoms with Crippen LogP contribution in [0.2, 0.25) is 0 Å². The van der Waals surface area contributed by atoms with E-state index in [-0.39, 0.29) is 34.0 Å². The maximum Gasteiger partial charge on any atom is 0.355 e. The number of nitro groups is 1. The molecule has 31 heavy (non-hydrogen) atoms. The normalized spacial score (nSPS) is 15.1. The Morgan fingerprint density at radius 1 is 1.19 bits per heavy atom. The number of nitrogens with zero attached hydrogens (tertiary/aromatic N) is 5. The van der Waals surface area contributed by atoms with Crippen LogP contribution in [0.5, 0.6) is 0 Å². The van der Waals surface area contributed by atoms with Crippen molar-refractivity contribution >= 4 is 23.4 Å². The van der Waals surface area contributed by atoms with Gasteiger partial charge in [-0.2, -0.15) is 4.68 Å². The molecule has 1 aromatic heterocycles. The first-order valence-corrected chi connectivity index (χ1v) is 8.83. The standard InChI is InChI=1S/C19H13FN6O5/c1-31-18(28)15-14(17(27)10-6-8-11(20)9-7-10)16(25-19(21-15)22-23-24-25)12-4-2-3-5-13(12)26(29)30/h2-9,16H,1H3,(H,21,22,24)/t16-/m1/s1. The van der Waals surface area contributed by atoms with Crippen molar-refractivity contribution in [3.8, 4) is 0 Å². The van der Waals surface area contributed by atoms with Gasteiger partial charge in [-0.3, -0.25) is 14.9 Å². The number of nitro benzene ring substituents is 1. The van der Waals surface area contributed by atoms with Gasteiger partial charge in [-0.1, -0.05) is 17.2 Å².